The van der Waals surface area contributed by atoms with Crippen molar-refractivity contribution >= 4 is 37.6 Å². The Morgan fingerprint density at radius 2 is 2.19 bits per heavy atom. The maximum Gasteiger partial charge on any atom is 0.328 e. The molecule has 8 heteroatoms. The number of thiazole rings is 1. The Kier molecular flexibility index (Phi) is 6.41. The number of carbonyl (C=O) groups is 2. The first-order valence-electron chi connectivity index (χ1n) is 8.78. The van der Waals surface area contributed by atoms with Crippen LogP contribution in [0, 0.1) is 0 Å². The van der Waals surface area contributed by atoms with Gasteiger partial charge in [-0.05, 0) is 30.6 Å². The molecule has 2 rings (SSSR count). The zero-order valence-corrected chi connectivity index (χ0v) is 17.9. The van der Waals surface area contributed by atoms with Gasteiger partial charge in [-0.2, -0.15) is 0 Å². The van der Waals surface area contributed by atoms with E-state index in [1.165, 1.54) is 17.4 Å². The molecule has 2 heterocycles. The smallest absolute Gasteiger partial charge is 0.328 e. The zero-order valence-electron chi connectivity index (χ0n) is 16.1. The van der Waals surface area contributed by atoms with Crippen molar-refractivity contribution in [2.75, 3.05) is 6.61 Å². The van der Waals surface area contributed by atoms with Crippen LogP contribution in [0.25, 0.3) is 6.08 Å². The number of carbonyl (C=O) groups excluding carboxylic acids is 1. The summed E-state index contributed by atoms with van der Waals surface area (Å²) < 4.78 is 6.32. The second kappa shape index (κ2) is 8.02. The van der Waals surface area contributed by atoms with E-state index in [1.807, 2.05) is 4.90 Å². The summed E-state index contributed by atoms with van der Waals surface area (Å²) in [5.74, 6) is -0.872. The lowest BCUT2D eigenvalue weighted by Crippen LogP contribution is -2.45. The summed E-state index contributed by atoms with van der Waals surface area (Å²) in [5, 5.41) is 11.4. The number of nitrogens with zero attached hydrogens (tertiary/aromatic N) is 2. The summed E-state index contributed by atoms with van der Waals surface area (Å²) in [6.07, 6.45) is 3.88. The third kappa shape index (κ3) is 5.25. The number of likely N-dealkylation sites (tertiary alicyclic amines) is 1. The van der Waals surface area contributed by atoms with Crippen LogP contribution >= 0.6 is 11.3 Å². The molecule has 1 N–H and O–H groups in total. The van der Waals surface area contributed by atoms with Crippen molar-refractivity contribution in [3.63, 3.8) is 0 Å². The monoisotopic (exact) mass is 396 g/mol. The highest BCUT2D eigenvalue weighted by Gasteiger charge is 2.39. The molecule has 1 saturated heterocycles. The summed E-state index contributed by atoms with van der Waals surface area (Å²) >= 11 is 1.44. The molecule has 1 fully saturated rings. The molecule has 1 aliphatic heterocycles. The zero-order chi connectivity index (χ0) is 19.5. The highest BCUT2D eigenvalue weighted by molar-refractivity contribution is 7.09. The van der Waals surface area contributed by atoms with E-state index in [-0.39, 0.29) is 17.0 Å². The average Bonchev–Trinajstić information content (AvgIpc) is 3.10. The predicted molar refractivity (Wildman–Crippen MR) is 106 cm³/mol. The van der Waals surface area contributed by atoms with Gasteiger partial charge in [0.1, 0.15) is 5.01 Å². The lowest BCUT2D eigenvalue weighted by molar-refractivity contribution is -0.131. The van der Waals surface area contributed by atoms with Gasteiger partial charge in [0.15, 0.2) is 8.32 Å². The number of rotatable bonds is 7. The minimum Gasteiger partial charge on any atom is -0.478 e. The predicted octanol–water partition coefficient (Wildman–Crippen LogP) is 3.75. The van der Waals surface area contributed by atoms with Crippen LogP contribution in [0.5, 0.6) is 0 Å². The molecule has 6 nitrogen and oxygen atoms in total. The molecule has 1 amide bonds. The number of hydrogen-bond acceptors (Lipinski definition) is 5. The molecule has 1 aromatic heterocycles. The molecule has 0 aromatic carbocycles. The number of carboxylic acid groups (broad SMARTS) is 1. The van der Waals surface area contributed by atoms with Crippen LogP contribution in [0.4, 0.5) is 0 Å². The maximum absolute atomic E-state index is 12.3. The summed E-state index contributed by atoms with van der Waals surface area (Å²) in [6.45, 7) is 12.1. The molecule has 1 aromatic rings. The molecule has 0 saturated carbocycles. The van der Waals surface area contributed by atoms with E-state index in [9.17, 15) is 9.59 Å². The quantitative estimate of drug-likeness (QED) is 0.561. The van der Waals surface area contributed by atoms with E-state index in [0.717, 1.165) is 17.5 Å². The van der Waals surface area contributed by atoms with Gasteiger partial charge in [-0.15, -0.1) is 11.3 Å². The van der Waals surface area contributed by atoms with Crippen LogP contribution in [0.3, 0.4) is 0 Å². The van der Waals surface area contributed by atoms with Gasteiger partial charge in [0, 0.05) is 17.9 Å². The van der Waals surface area contributed by atoms with E-state index in [0.29, 0.717) is 25.3 Å². The van der Waals surface area contributed by atoms with Crippen LogP contribution in [-0.4, -0.2) is 47.8 Å². The van der Waals surface area contributed by atoms with Gasteiger partial charge in [-0.3, -0.25) is 4.79 Å². The normalized spacial score (nSPS) is 18.9. The van der Waals surface area contributed by atoms with Gasteiger partial charge in [-0.25, -0.2) is 9.78 Å². The Labute approximate surface area is 160 Å². The first kappa shape index (κ1) is 20.8. The highest BCUT2D eigenvalue weighted by atomic mass is 32.1. The lowest BCUT2D eigenvalue weighted by Gasteiger charge is -2.38. The van der Waals surface area contributed by atoms with Gasteiger partial charge in [0.2, 0.25) is 5.91 Å². The standard InChI is InChI=1S/C18H28N2O4SSi/c1-18(2,3)26(4,5)24-11-14-7-8-16(21)20(14)10-15-19-13(12-25-15)6-9-17(22)23/h6,9,12,14H,7-8,10-11H2,1-5H3,(H,22,23)/t14-/m1/s1. The molecule has 0 bridgehead atoms. The Morgan fingerprint density at radius 3 is 2.81 bits per heavy atom. The summed E-state index contributed by atoms with van der Waals surface area (Å²) in [5.41, 5.74) is 0.605. The minimum atomic E-state index is -1.85. The van der Waals surface area contributed by atoms with Crippen molar-refractivity contribution in [2.45, 2.75) is 64.3 Å². The number of hydrogen-bond donors (Lipinski definition) is 1. The van der Waals surface area contributed by atoms with E-state index < -0.39 is 14.3 Å². The van der Waals surface area contributed by atoms with Gasteiger partial charge in [0.05, 0.1) is 24.9 Å². The van der Waals surface area contributed by atoms with E-state index in [4.69, 9.17) is 9.53 Å². The third-order valence-electron chi connectivity index (χ3n) is 5.17. The summed E-state index contributed by atoms with van der Waals surface area (Å²) in [7, 11) is -1.85. The number of amides is 1. The minimum absolute atomic E-state index is 0.0820. The second-order valence-electron chi connectivity index (χ2n) is 8.12. The number of aromatic nitrogens is 1. The molecule has 0 aliphatic carbocycles. The van der Waals surface area contributed by atoms with Crippen LogP contribution in [0.1, 0.15) is 44.3 Å². The highest BCUT2D eigenvalue weighted by Crippen LogP contribution is 2.37. The Bertz CT molecular complexity index is 694. The SMILES string of the molecule is CC(C)(C)[Si](C)(C)OC[C@H]1CCC(=O)N1Cc1nc(C=CC(=O)O)cs1. The van der Waals surface area contributed by atoms with Crippen LogP contribution < -0.4 is 0 Å². The molecule has 1 atom stereocenters. The first-order chi connectivity index (χ1) is 12.0. The van der Waals surface area contributed by atoms with E-state index in [1.54, 1.807) is 5.38 Å². The molecule has 144 valence electrons. The van der Waals surface area contributed by atoms with Gasteiger partial charge < -0.3 is 14.4 Å². The van der Waals surface area contributed by atoms with Crippen molar-refractivity contribution in [1.82, 2.24) is 9.88 Å². The Hall–Kier alpha value is -1.51. The Morgan fingerprint density at radius 1 is 1.50 bits per heavy atom. The summed E-state index contributed by atoms with van der Waals surface area (Å²) in [4.78, 5) is 29.2. The largest absolute Gasteiger partial charge is 0.478 e. The van der Waals surface area contributed by atoms with Crippen molar-refractivity contribution in [3.8, 4) is 0 Å². The fourth-order valence-corrected chi connectivity index (χ4v) is 4.28. The number of carboxylic acids is 1. The number of aliphatic carboxylic acids is 1. The van der Waals surface area contributed by atoms with Crippen molar-refractivity contribution in [3.05, 3.63) is 22.2 Å². The molecule has 0 radical (unpaired) electrons. The van der Waals surface area contributed by atoms with Crippen LogP contribution in [0.2, 0.25) is 18.1 Å². The van der Waals surface area contributed by atoms with Gasteiger partial charge in [0.25, 0.3) is 0 Å². The van der Waals surface area contributed by atoms with Crippen LogP contribution in [0.15, 0.2) is 11.5 Å². The van der Waals surface area contributed by atoms with Crippen LogP contribution in [-0.2, 0) is 20.6 Å². The van der Waals surface area contributed by atoms with Crippen molar-refractivity contribution in [2.24, 2.45) is 0 Å². The van der Waals surface area contributed by atoms with Gasteiger partial charge >= 0.3 is 5.97 Å². The Balaban J connectivity index is 2.01. The first-order valence-corrected chi connectivity index (χ1v) is 12.6. The summed E-state index contributed by atoms with van der Waals surface area (Å²) in [6, 6.07) is 0.0820. The molecule has 1 aliphatic rings. The molecular weight excluding hydrogens is 368 g/mol. The second-order valence-corrected chi connectivity index (χ2v) is 13.9. The van der Waals surface area contributed by atoms with Crippen molar-refractivity contribution in [1.29, 1.82) is 0 Å². The molecule has 26 heavy (non-hydrogen) atoms. The van der Waals surface area contributed by atoms with Crippen molar-refractivity contribution < 1.29 is 19.1 Å². The third-order valence-corrected chi connectivity index (χ3v) is 10.5. The molecular formula is C18H28N2O4SSi. The average molecular weight is 397 g/mol. The topological polar surface area (TPSA) is 79.7 Å². The molecule has 0 unspecified atom stereocenters. The van der Waals surface area contributed by atoms with Gasteiger partial charge in [-0.1, -0.05) is 20.8 Å². The molecule has 0 spiro atoms. The fraction of sp³-hybridized carbons (Fsp3) is 0.611. The van der Waals surface area contributed by atoms with E-state index in [2.05, 4.69) is 38.8 Å². The maximum atomic E-state index is 12.3. The lowest BCUT2D eigenvalue weighted by atomic mass is 10.2. The fourth-order valence-electron chi connectivity index (χ4n) is 2.48. The van der Waals surface area contributed by atoms with E-state index >= 15 is 0 Å².